The first-order valence-corrected chi connectivity index (χ1v) is 12.1. The molecule has 12 nitrogen and oxygen atoms in total. The van der Waals surface area contributed by atoms with Gasteiger partial charge in [-0.2, -0.15) is 0 Å². The third-order valence-electron chi connectivity index (χ3n) is 5.98. The van der Waals surface area contributed by atoms with E-state index in [0.717, 1.165) is 18.2 Å². The fraction of sp³-hybridized carbons (Fsp3) is 0.450. The van der Waals surface area contributed by atoms with Crippen molar-refractivity contribution in [3.8, 4) is 0 Å². The summed E-state index contributed by atoms with van der Waals surface area (Å²) in [6, 6.07) is 2.85. The molecule has 0 amide bonds. The van der Waals surface area contributed by atoms with E-state index in [1.807, 2.05) is 0 Å². The summed E-state index contributed by atoms with van der Waals surface area (Å²) in [6.07, 6.45) is -2.22. The van der Waals surface area contributed by atoms with E-state index in [4.69, 9.17) is 24.0 Å². The summed E-state index contributed by atoms with van der Waals surface area (Å²) in [6.45, 7) is 0.735. The Kier molecular flexibility index (Phi) is 6.08. The molecule has 0 aliphatic carbocycles. The van der Waals surface area contributed by atoms with Crippen LogP contribution >= 0.6 is 7.82 Å². The second-order valence-electron chi connectivity index (χ2n) is 8.41. The molecule has 15 heteroatoms. The summed E-state index contributed by atoms with van der Waals surface area (Å²) < 4.78 is 63.9. The molecule has 2 aromatic heterocycles. The lowest BCUT2D eigenvalue weighted by Gasteiger charge is -2.30. The molecule has 0 radical (unpaired) electrons. The van der Waals surface area contributed by atoms with Crippen LogP contribution in [0.3, 0.4) is 0 Å². The van der Waals surface area contributed by atoms with Crippen LogP contribution in [0.15, 0.2) is 30.9 Å². The van der Waals surface area contributed by atoms with Crippen LogP contribution in [0.5, 0.6) is 0 Å². The fourth-order valence-corrected chi connectivity index (χ4v) is 5.52. The number of hydrogen-bond donors (Lipinski definition) is 3. The number of imidazole rings is 1. The van der Waals surface area contributed by atoms with Gasteiger partial charge >= 0.3 is 7.82 Å². The number of anilines is 1. The zero-order chi connectivity index (χ0) is 25.0. The molecule has 2 aliphatic heterocycles. The van der Waals surface area contributed by atoms with E-state index in [1.54, 1.807) is 0 Å². The van der Waals surface area contributed by atoms with Crippen LogP contribution in [0.2, 0.25) is 0 Å². The highest BCUT2D eigenvalue weighted by molar-refractivity contribution is 7.48. The largest absolute Gasteiger partial charge is 0.475 e. The summed E-state index contributed by atoms with van der Waals surface area (Å²) in [5.74, 6) is -1.28. The first kappa shape index (κ1) is 24.1. The van der Waals surface area contributed by atoms with Crippen molar-refractivity contribution in [3.63, 3.8) is 0 Å². The second-order valence-corrected chi connectivity index (χ2v) is 10.0. The highest BCUT2D eigenvalue weighted by Gasteiger charge is 2.54. The van der Waals surface area contributed by atoms with Crippen molar-refractivity contribution in [1.82, 2.24) is 19.5 Å². The molecule has 2 fully saturated rings. The Morgan fingerprint density at radius 1 is 1.34 bits per heavy atom. The number of phosphoric ester groups is 1. The number of aromatic nitrogens is 4. The Balaban J connectivity index is 1.32. The predicted molar refractivity (Wildman–Crippen MR) is 115 cm³/mol. The van der Waals surface area contributed by atoms with Crippen molar-refractivity contribution >= 4 is 24.8 Å². The Bertz CT molecular complexity index is 1310. The van der Waals surface area contributed by atoms with Gasteiger partial charge in [0.05, 0.1) is 25.6 Å². The molecule has 2 saturated heterocycles. The normalized spacial score (nSPS) is 33.4. The van der Waals surface area contributed by atoms with Gasteiger partial charge in [0.25, 0.3) is 0 Å². The quantitative estimate of drug-likeness (QED) is 0.428. The summed E-state index contributed by atoms with van der Waals surface area (Å²) in [5, 5.41) is 21.7. The molecule has 2 unspecified atom stereocenters. The van der Waals surface area contributed by atoms with Gasteiger partial charge in [0.2, 0.25) is 0 Å². The van der Waals surface area contributed by atoms with Gasteiger partial charge in [-0.3, -0.25) is 18.1 Å². The van der Waals surface area contributed by atoms with Gasteiger partial charge in [0.15, 0.2) is 17.7 Å². The molecule has 1 aromatic carbocycles. The Labute approximate surface area is 197 Å². The van der Waals surface area contributed by atoms with E-state index in [-0.39, 0.29) is 35.6 Å². The minimum atomic E-state index is -4.23. The molecular weight excluding hydrogens is 491 g/mol. The van der Waals surface area contributed by atoms with Crippen LogP contribution < -0.4 is 5.73 Å². The summed E-state index contributed by atoms with van der Waals surface area (Å²) in [7, 11) is -4.23. The minimum absolute atomic E-state index is 0.103. The van der Waals surface area contributed by atoms with E-state index in [9.17, 15) is 23.6 Å². The van der Waals surface area contributed by atoms with Crippen LogP contribution in [0.4, 0.5) is 14.6 Å². The third-order valence-corrected chi connectivity index (χ3v) is 7.46. The molecule has 2 aliphatic rings. The Hall–Kier alpha value is -2.58. The van der Waals surface area contributed by atoms with E-state index < -0.39 is 56.2 Å². The first-order valence-electron chi connectivity index (χ1n) is 10.6. The number of benzene rings is 1. The lowest BCUT2D eigenvalue weighted by Crippen LogP contribution is -2.44. The average Bonchev–Trinajstić information content (AvgIpc) is 3.34. The maximum atomic E-state index is 14.2. The monoisotopic (exact) mass is 513 g/mol. The third kappa shape index (κ3) is 4.31. The smallest absolute Gasteiger partial charge is 0.387 e. The number of nitrogens with two attached hydrogens (primary N) is 1. The van der Waals surface area contributed by atoms with Crippen molar-refractivity contribution in [2.24, 2.45) is 0 Å². The van der Waals surface area contributed by atoms with Gasteiger partial charge < -0.3 is 20.7 Å². The standard InChI is InChI=1S/C20H22F2N5O7P/c1-20(29)16(28)14(33-19(20)27-9-26-15-17(23)24-8-25-18(15)27)7-32-35(30)31-5-4-13(34-35)11-6-10(21)2-3-12(11)22/h2-3,6,8-9,13-14,16,19,28-29H,4-5,7H2,1H3,(H2,23,24,25)/t13?,14-,16-,19-,20-,35?/m1/s1. The number of aliphatic hydroxyl groups excluding tert-OH is 1. The van der Waals surface area contributed by atoms with Gasteiger partial charge in [0.1, 0.15) is 41.3 Å². The molecule has 4 heterocycles. The molecule has 188 valence electrons. The molecular formula is C20H22F2N5O7P. The number of phosphoric acid groups is 1. The van der Waals surface area contributed by atoms with Crippen molar-refractivity contribution < 1.29 is 41.9 Å². The molecule has 6 atom stereocenters. The zero-order valence-electron chi connectivity index (χ0n) is 18.3. The molecule has 35 heavy (non-hydrogen) atoms. The van der Waals surface area contributed by atoms with Crippen LogP contribution in [0.25, 0.3) is 11.2 Å². The second kappa shape index (κ2) is 8.82. The number of nitrogens with zero attached hydrogens (tertiary/aromatic N) is 4. The highest BCUT2D eigenvalue weighted by atomic mass is 31.2. The summed E-state index contributed by atoms with van der Waals surface area (Å²) in [5.41, 5.74) is 4.40. The van der Waals surface area contributed by atoms with Crippen LogP contribution in [0.1, 0.15) is 31.2 Å². The van der Waals surface area contributed by atoms with Crippen molar-refractivity contribution in [2.45, 2.75) is 43.5 Å². The fourth-order valence-electron chi connectivity index (χ4n) is 4.14. The average molecular weight is 513 g/mol. The van der Waals surface area contributed by atoms with Gasteiger partial charge in [-0.25, -0.2) is 28.3 Å². The number of hydrogen-bond acceptors (Lipinski definition) is 11. The zero-order valence-corrected chi connectivity index (χ0v) is 19.2. The van der Waals surface area contributed by atoms with Crippen molar-refractivity contribution in [1.29, 1.82) is 0 Å². The summed E-state index contributed by atoms with van der Waals surface area (Å²) in [4.78, 5) is 12.1. The van der Waals surface area contributed by atoms with E-state index in [1.165, 1.54) is 24.1 Å². The highest BCUT2D eigenvalue weighted by Crippen LogP contribution is 2.57. The lowest BCUT2D eigenvalue weighted by atomic mass is 9.96. The molecule has 0 bridgehead atoms. The number of halogens is 2. The molecule has 5 rings (SSSR count). The molecule has 0 saturated carbocycles. The SMILES string of the molecule is C[C@@]1(O)[C@H](O)[C@@H](COP2(=O)OCCC(c3cc(F)ccc3F)O2)O[C@H]1n1cnc2c(N)ncnc21. The van der Waals surface area contributed by atoms with Crippen LogP contribution in [-0.4, -0.2) is 60.8 Å². The first-order chi connectivity index (χ1) is 16.6. The Morgan fingerprint density at radius 2 is 2.14 bits per heavy atom. The number of rotatable bonds is 5. The van der Waals surface area contributed by atoms with E-state index >= 15 is 0 Å². The topological polar surface area (TPSA) is 164 Å². The van der Waals surface area contributed by atoms with Crippen LogP contribution in [0, 0.1) is 11.6 Å². The molecule has 4 N–H and O–H groups in total. The number of fused-ring (bicyclic) bond motifs is 1. The van der Waals surface area contributed by atoms with Gasteiger partial charge in [0, 0.05) is 12.0 Å². The lowest BCUT2D eigenvalue weighted by molar-refractivity contribution is -0.0953. The number of aliphatic hydroxyl groups is 2. The molecule has 0 spiro atoms. The minimum Gasteiger partial charge on any atom is -0.387 e. The van der Waals surface area contributed by atoms with Gasteiger partial charge in [-0.05, 0) is 25.1 Å². The van der Waals surface area contributed by atoms with Crippen molar-refractivity contribution in [2.75, 3.05) is 18.9 Å². The maximum absolute atomic E-state index is 14.2. The summed E-state index contributed by atoms with van der Waals surface area (Å²) >= 11 is 0. The Morgan fingerprint density at radius 3 is 2.94 bits per heavy atom. The maximum Gasteiger partial charge on any atom is 0.475 e. The van der Waals surface area contributed by atoms with E-state index in [0.29, 0.717) is 0 Å². The van der Waals surface area contributed by atoms with Gasteiger partial charge in [-0.1, -0.05) is 0 Å². The number of nitrogen functional groups attached to an aromatic ring is 1. The van der Waals surface area contributed by atoms with E-state index in [2.05, 4.69) is 15.0 Å². The molecule has 3 aromatic rings. The predicted octanol–water partition coefficient (Wildman–Crippen LogP) is 2.00. The van der Waals surface area contributed by atoms with Crippen LogP contribution in [-0.2, 0) is 22.9 Å². The number of ether oxygens (including phenoxy) is 1. The van der Waals surface area contributed by atoms with Gasteiger partial charge in [-0.15, -0.1) is 0 Å². The van der Waals surface area contributed by atoms with Crippen molar-refractivity contribution in [3.05, 3.63) is 48.1 Å².